The highest BCUT2D eigenvalue weighted by Crippen LogP contribution is 2.19. The maximum Gasteiger partial charge on any atom is 0.341 e. The number of ether oxygens (including phenoxy) is 2. The molecule has 1 aliphatic rings. The van der Waals surface area contributed by atoms with Crippen LogP contribution in [0.15, 0.2) is 29.8 Å². The van der Waals surface area contributed by atoms with E-state index in [1.54, 1.807) is 0 Å². The monoisotopic (exact) mass is 378 g/mol. The number of hydrogen-bond acceptors (Lipinski definition) is 5. The van der Waals surface area contributed by atoms with Gasteiger partial charge < -0.3 is 14.8 Å². The van der Waals surface area contributed by atoms with Crippen molar-refractivity contribution in [1.29, 1.82) is 0 Å². The molecule has 0 saturated heterocycles. The molecule has 0 unspecified atom stereocenters. The molecule has 0 bridgehead atoms. The van der Waals surface area contributed by atoms with E-state index in [0.717, 1.165) is 31.7 Å². The number of halogens is 1. The summed E-state index contributed by atoms with van der Waals surface area (Å²) in [6, 6.07) is 2.96. The number of rotatable bonds is 7. The fourth-order valence-electron chi connectivity index (χ4n) is 2.67. The van der Waals surface area contributed by atoms with Crippen molar-refractivity contribution >= 4 is 17.9 Å². The van der Waals surface area contributed by atoms with Gasteiger partial charge in [0.05, 0.1) is 12.7 Å². The third-order valence-corrected chi connectivity index (χ3v) is 4.10. The number of urea groups is 1. The summed E-state index contributed by atoms with van der Waals surface area (Å²) in [5.41, 5.74) is 0.983. The van der Waals surface area contributed by atoms with Crippen LogP contribution in [0, 0.1) is 5.82 Å². The van der Waals surface area contributed by atoms with Crippen LogP contribution in [0.25, 0.3) is 0 Å². The van der Waals surface area contributed by atoms with Crippen molar-refractivity contribution in [3.05, 3.63) is 41.2 Å². The number of carbonyl (C=O) groups is 3. The molecule has 0 atom stereocenters. The highest BCUT2D eigenvalue weighted by molar-refractivity contribution is 5.97. The van der Waals surface area contributed by atoms with Gasteiger partial charge in [-0.3, -0.25) is 10.1 Å². The molecule has 1 aliphatic carbocycles. The molecule has 27 heavy (non-hydrogen) atoms. The fraction of sp³-hybridized carbons (Fsp3) is 0.421. The highest BCUT2D eigenvalue weighted by Gasteiger charge is 2.16. The van der Waals surface area contributed by atoms with Crippen LogP contribution in [0.1, 0.15) is 42.5 Å². The Morgan fingerprint density at radius 1 is 1.22 bits per heavy atom. The second-order valence-electron chi connectivity index (χ2n) is 6.08. The van der Waals surface area contributed by atoms with Crippen LogP contribution in [-0.2, 0) is 9.53 Å². The van der Waals surface area contributed by atoms with Crippen molar-refractivity contribution in [3.63, 3.8) is 0 Å². The molecule has 0 fully saturated rings. The number of carbonyl (C=O) groups excluding carboxylic acids is 3. The topological polar surface area (TPSA) is 93.7 Å². The number of hydrogen-bond donors (Lipinski definition) is 2. The van der Waals surface area contributed by atoms with Crippen molar-refractivity contribution in [2.75, 3.05) is 20.3 Å². The van der Waals surface area contributed by atoms with E-state index in [2.05, 4.69) is 16.7 Å². The molecule has 2 rings (SSSR count). The van der Waals surface area contributed by atoms with Crippen LogP contribution in [0.3, 0.4) is 0 Å². The maximum absolute atomic E-state index is 13.8. The van der Waals surface area contributed by atoms with Gasteiger partial charge in [0.2, 0.25) is 0 Å². The number of allylic oxidation sites excluding steroid dienone is 1. The zero-order valence-electron chi connectivity index (χ0n) is 15.2. The minimum Gasteiger partial charge on any atom is -0.497 e. The average Bonchev–Trinajstić information content (AvgIpc) is 2.66. The van der Waals surface area contributed by atoms with Crippen molar-refractivity contribution in [1.82, 2.24) is 10.6 Å². The van der Waals surface area contributed by atoms with Crippen molar-refractivity contribution < 1.29 is 28.2 Å². The molecule has 0 aliphatic heterocycles. The Morgan fingerprint density at radius 2 is 2.04 bits per heavy atom. The molecule has 2 N–H and O–H groups in total. The largest absolute Gasteiger partial charge is 0.497 e. The first-order valence-electron chi connectivity index (χ1n) is 8.76. The number of nitrogens with one attached hydrogen (secondary N) is 2. The summed E-state index contributed by atoms with van der Waals surface area (Å²) < 4.78 is 23.3. The molecular formula is C19H23FN2O5. The van der Waals surface area contributed by atoms with Gasteiger partial charge in [0.15, 0.2) is 6.61 Å². The summed E-state index contributed by atoms with van der Waals surface area (Å²) in [6.07, 6.45) is 7.40. The predicted octanol–water partition coefficient (Wildman–Crippen LogP) is 2.71. The molecule has 1 aromatic carbocycles. The number of esters is 1. The molecule has 0 heterocycles. The Morgan fingerprint density at radius 3 is 2.70 bits per heavy atom. The van der Waals surface area contributed by atoms with Crippen LogP contribution in [-0.4, -0.2) is 38.2 Å². The van der Waals surface area contributed by atoms with E-state index in [-0.39, 0.29) is 11.3 Å². The third kappa shape index (κ3) is 6.73. The number of imide groups is 1. The zero-order chi connectivity index (χ0) is 19.6. The lowest BCUT2D eigenvalue weighted by Gasteiger charge is -2.13. The van der Waals surface area contributed by atoms with Crippen LogP contribution in [0.4, 0.5) is 9.18 Å². The zero-order valence-corrected chi connectivity index (χ0v) is 15.2. The Bertz CT molecular complexity index is 733. The molecule has 8 heteroatoms. The van der Waals surface area contributed by atoms with Crippen molar-refractivity contribution in [2.24, 2.45) is 0 Å². The predicted molar refractivity (Wildman–Crippen MR) is 95.9 cm³/mol. The first-order chi connectivity index (χ1) is 13.0. The van der Waals surface area contributed by atoms with Crippen LogP contribution in [0.5, 0.6) is 5.75 Å². The molecule has 3 amide bonds. The maximum atomic E-state index is 13.8. The Kier molecular flexibility index (Phi) is 7.79. The van der Waals surface area contributed by atoms with Gasteiger partial charge in [0, 0.05) is 12.6 Å². The average molecular weight is 378 g/mol. The quantitative estimate of drug-likeness (QED) is 0.562. The van der Waals surface area contributed by atoms with E-state index in [4.69, 9.17) is 9.47 Å². The van der Waals surface area contributed by atoms with E-state index in [0.29, 0.717) is 6.54 Å². The van der Waals surface area contributed by atoms with E-state index < -0.39 is 30.3 Å². The summed E-state index contributed by atoms with van der Waals surface area (Å²) in [7, 11) is 1.37. The van der Waals surface area contributed by atoms with Gasteiger partial charge in [-0.15, -0.1) is 0 Å². The lowest BCUT2D eigenvalue weighted by Crippen LogP contribution is -2.41. The first kappa shape index (κ1) is 20.4. The van der Waals surface area contributed by atoms with Crippen LogP contribution >= 0.6 is 0 Å². The number of methoxy groups -OCH3 is 1. The van der Waals surface area contributed by atoms with Gasteiger partial charge in [-0.1, -0.05) is 11.6 Å². The van der Waals surface area contributed by atoms with Gasteiger partial charge in [0.1, 0.15) is 11.6 Å². The lowest BCUT2D eigenvalue weighted by molar-refractivity contribution is -0.123. The molecule has 0 spiro atoms. The van der Waals surface area contributed by atoms with Gasteiger partial charge in [0.25, 0.3) is 5.91 Å². The summed E-state index contributed by atoms with van der Waals surface area (Å²) >= 11 is 0. The molecule has 0 saturated carbocycles. The minimum atomic E-state index is -1.00. The van der Waals surface area contributed by atoms with Gasteiger partial charge in [-0.05, 0) is 44.2 Å². The number of amides is 3. The molecule has 1 aromatic rings. The standard InChI is InChI=1S/C19H23FN2O5/c1-26-14-7-8-15(16(20)11-14)18(24)27-12-17(23)22-19(25)21-10-9-13-5-3-2-4-6-13/h5,7-8,11H,2-4,6,9-10,12H2,1H3,(H2,21,22,23,25). The lowest BCUT2D eigenvalue weighted by atomic mass is 9.97. The SMILES string of the molecule is COc1ccc(C(=O)OCC(=O)NC(=O)NCCC2=CCCCC2)c(F)c1. The van der Waals surface area contributed by atoms with E-state index in [9.17, 15) is 18.8 Å². The number of benzene rings is 1. The summed E-state index contributed by atoms with van der Waals surface area (Å²) in [5, 5.41) is 4.63. The Hall–Kier alpha value is -2.90. The Labute approximate surface area is 156 Å². The first-order valence-corrected chi connectivity index (χ1v) is 8.76. The van der Waals surface area contributed by atoms with Gasteiger partial charge in [-0.2, -0.15) is 0 Å². The van der Waals surface area contributed by atoms with Crippen molar-refractivity contribution in [3.8, 4) is 5.75 Å². The molecule has 0 aromatic heterocycles. The van der Waals surface area contributed by atoms with Crippen molar-refractivity contribution in [2.45, 2.75) is 32.1 Å². The molecule has 0 radical (unpaired) electrons. The van der Waals surface area contributed by atoms with E-state index in [1.807, 2.05) is 0 Å². The second kappa shape index (κ2) is 10.3. The second-order valence-corrected chi connectivity index (χ2v) is 6.08. The van der Waals surface area contributed by atoms with Gasteiger partial charge in [-0.25, -0.2) is 14.0 Å². The summed E-state index contributed by atoms with van der Waals surface area (Å²) in [5.74, 6) is -2.38. The van der Waals surface area contributed by atoms with Crippen LogP contribution < -0.4 is 15.4 Å². The smallest absolute Gasteiger partial charge is 0.341 e. The normalized spacial score (nSPS) is 13.3. The fourth-order valence-corrected chi connectivity index (χ4v) is 2.67. The summed E-state index contributed by atoms with van der Waals surface area (Å²) in [6.45, 7) is -0.273. The Balaban J connectivity index is 1.69. The minimum absolute atomic E-state index is 0.252. The third-order valence-electron chi connectivity index (χ3n) is 4.10. The van der Waals surface area contributed by atoms with Crippen LogP contribution in [0.2, 0.25) is 0 Å². The molecule has 7 nitrogen and oxygen atoms in total. The summed E-state index contributed by atoms with van der Waals surface area (Å²) in [4.78, 5) is 35.1. The highest BCUT2D eigenvalue weighted by atomic mass is 19.1. The molecule has 146 valence electrons. The van der Waals surface area contributed by atoms with Gasteiger partial charge >= 0.3 is 12.0 Å². The van der Waals surface area contributed by atoms with E-state index in [1.165, 1.54) is 31.2 Å². The molecular weight excluding hydrogens is 355 g/mol. The van der Waals surface area contributed by atoms with E-state index >= 15 is 0 Å².